The lowest BCUT2D eigenvalue weighted by Crippen LogP contribution is -2.29. The molecule has 1 aliphatic carbocycles. The topological polar surface area (TPSA) is 62.2 Å². The molecule has 1 aromatic heterocycles. The molecule has 2 N–H and O–H groups in total. The molecule has 2 fully saturated rings. The number of amides is 1. The molecule has 2 aromatic carbocycles. The molecule has 3 aromatic rings. The zero-order valence-corrected chi connectivity index (χ0v) is 18.9. The van der Waals surface area contributed by atoms with E-state index in [9.17, 15) is 4.79 Å². The molecule has 1 saturated heterocycles. The second-order valence-corrected chi connectivity index (χ2v) is 9.67. The highest BCUT2D eigenvalue weighted by atomic mass is 16.2. The van der Waals surface area contributed by atoms with Crippen molar-refractivity contribution in [1.29, 1.82) is 0 Å². The van der Waals surface area contributed by atoms with Gasteiger partial charge in [0.15, 0.2) is 0 Å². The van der Waals surface area contributed by atoms with Gasteiger partial charge in [-0.05, 0) is 68.0 Å². The molecule has 6 nitrogen and oxygen atoms in total. The van der Waals surface area contributed by atoms with Crippen LogP contribution in [0, 0.1) is 5.92 Å². The van der Waals surface area contributed by atoms with Crippen LogP contribution in [-0.4, -0.2) is 34.6 Å². The third-order valence-corrected chi connectivity index (χ3v) is 7.34. The van der Waals surface area contributed by atoms with Crippen molar-refractivity contribution >= 4 is 34.0 Å². The van der Waals surface area contributed by atoms with Gasteiger partial charge in [0, 0.05) is 36.1 Å². The van der Waals surface area contributed by atoms with Crippen molar-refractivity contribution < 1.29 is 4.79 Å². The second-order valence-electron chi connectivity index (χ2n) is 9.67. The van der Waals surface area contributed by atoms with E-state index in [1.807, 2.05) is 6.07 Å². The van der Waals surface area contributed by atoms with E-state index in [0.29, 0.717) is 6.04 Å². The van der Waals surface area contributed by atoms with Crippen molar-refractivity contribution in [1.82, 2.24) is 9.55 Å². The van der Waals surface area contributed by atoms with E-state index in [1.54, 1.807) is 0 Å². The number of aromatic nitrogens is 2. The summed E-state index contributed by atoms with van der Waals surface area (Å²) in [6, 6.07) is 13.1. The summed E-state index contributed by atoms with van der Waals surface area (Å²) in [5.74, 6) is 1.13. The predicted octanol–water partition coefficient (Wildman–Crippen LogP) is 5.42. The lowest BCUT2D eigenvalue weighted by Gasteiger charge is -2.24. The normalized spacial score (nSPS) is 21.1. The van der Waals surface area contributed by atoms with Crippen LogP contribution in [0.5, 0.6) is 0 Å². The number of hydrogen-bond acceptors (Lipinski definition) is 4. The molecule has 0 bridgehead atoms. The van der Waals surface area contributed by atoms with Crippen LogP contribution in [-0.2, 0) is 4.79 Å². The SMILES string of the molecule is CCC(C)C1C(=O)Nc2ccc(NC3CC3)cc2-c2nc3cc(N4CCCC4)ccc3n21. The average Bonchev–Trinajstić information content (AvgIpc) is 3.32. The molecule has 166 valence electrons. The van der Waals surface area contributed by atoms with Crippen molar-refractivity contribution in [2.24, 2.45) is 5.92 Å². The smallest absolute Gasteiger partial charge is 0.247 e. The number of carbonyl (C=O) groups excluding carboxylic acids is 1. The Morgan fingerprint density at radius 3 is 2.72 bits per heavy atom. The minimum atomic E-state index is -0.287. The Morgan fingerprint density at radius 1 is 1.16 bits per heavy atom. The molecule has 0 radical (unpaired) electrons. The molecule has 6 rings (SSSR count). The maximum absolute atomic E-state index is 13.4. The van der Waals surface area contributed by atoms with Gasteiger partial charge in [-0.2, -0.15) is 0 Å². The number of fused-ring (bicyclic) bond motifs is 5. The Kier molecular flexibility index (Phi) is 4.63. The first kappa shape index (κ1) is 19.6. The number of carbonyl (C=O) groups is 1. The van der Waals surface area contributed by atoms with E-state index >= 15 is 0 Å². The average molecular weight is 430 g/mol. The number of nitrogens with zero attached hydrogens (tertiary/aromatic N) is 3. The van der Waals surface area contributed by atoms with Gasteiger partial charge >= 0.3 is 0 Å². The van der Waals surface area contributed by atoms with Crippen LogP contribution in [0.3, 0.4) is 0 Å². The Labute approximate surface area is 189 Å². The Morgan fingerprint density at radius 2 is 1.97 bits per heavy atom. The van der Waals surface area contributed by atoms with Gasteiger partial charge in [-0.25, -0.2) is 4.98 Å². The maximum Gasteiger partial charge on any atom is 0.247 e. The van der Waals surface area contributed by atoms with Gasteiger partial charge < -0.3 is 20.1 Å². The van der Waals surface area contributed by atoms with Crippen molar-refractivity contribution in [2.75, 3.05) is 28.6 Å². The summed E-state index contributed by atoms with van der Waals surface area (Å²) in [5, 5.41) is 6.80. The number of benzene rings is 2. The molecule has 32 heavy (non-hydrogen) atoms. The monoisotopic (exact) mass is 429 g/mol. The molecule has 3 heterocycles. The third kappa shape index (κ3) is 3.24. The summed E-state index contributed by atoms with van der Waals surface area (Å²) in [4.78, 5) is 21.0. The highest BCUT2D eigenvalue weighted by molar-refractivity contribution is 6.02. The number of rotatable bonds is 5. The zero-order chi connectivity index (χ0) is 21.8. The van der Waals surface area contributed by atoms with Gasteiger partial charge in [0.05, 0.1) is 16.7 Å². The molecule has 6 heteroatoms. The van der Waals surface area contributed by atoms with Gasteiger partial charge in [-0.1, -0.05) is 20.3 Å². The summed E-state index contributed by atoms with van der Waals surface area (Å²) in [5.41, 5.74) is 6.18. The largest absolute Gasteiger partial charge is 0.382 e. The molecule has 1 saturated carbocycles. The first-order valence-electron chi connectivity index (χ1n) is 12.1. The van der Waals surface area contributed by atoms with Gasteiger partial charge in [0.25, 0.3) is 0 Å². The van der Waals surface area contributed by atoms with Crippen LogP contribution in [0.2, 0.25) is 0 Å². The molecule has 2 atom stereocenters. The van der Waals surface area contributed by atoms with Gasteiger partial charge in [0.2, 0.25) is 5.91 Å². The number of anilines is 3. The summed E-state index contributed by atoms with van der Waals surface area (Å²) in [6.07, 6.45) is 5.87. The number of hydrogen-bond donors (Lipinski definition) is 2. The second kappa shape index (κ2) is 7.54. The quantitative estimate of drug-likeness (QED) is 0.569. The molecule has 0 spiro atoms. The van der Waals surface area contributed by atoms with Crippen LogP contribution in [0.4, 0.5) is 17.1 Å². The highest BCUT2D eigenvalue weighted by Gasteiger charge is 2.34. The molecular weight excluding hydrogens is 398 g/mol. The van der Waals surface area contributed by atoms with Gasteiger partial charge in [0.1, 0.15) is 11.9 Å². The van der Waals surface area contributed by atoms with E-state index in [1.165, 1.54) is 31.4 Å². The molecule has 2 unspecified atom stereocenters. The first-order chi connectivity index (χ1) is 15.6. The summed E-state index contributed by atoms with van der Waals surface area (Å²) in [7, 11) is 0. The van der Waals surface area contributed by atoms with Crippen molar-refractivity contribution in [3.05, 3.63) is 36.4 Å². The summed E-state index contributed by atoms with van der Waals surface area (Å²) >= 11 is 0. The van der Waals surface area contributed by atoms with Crippen LogP contribution in [0.15, 0.2) is 36.4 Å². The summed E-state index contributed by atoms with van der Waals surface area (Å²) < 4.78 is 2.19. The first-order valence-corrected chi connectivity index (χ1v) is 12.1. The van der Waals surface area contributed by atoms with E-state index in [0.717, 1.165) is 53.3 Å². The van der Waals surface area contributed by atoms with Gasteiger partial charge in [-0.15, -0.1) is 0 Å². The van der Waals surface area contributed by atoms with Crippen LogP contribution in [0.1, 0.15) is 52.0 Å². The van der Waals surface area contributed by atoms with Crippen molar-refractivity contribution in [2.45, 2.75) is 58.0 Å². The number of nitrogens with one attached hydrogen (secondary N) is 2. The minimum Gasteiger partial charge on any atom is -0.382 e. The van der Waals surface area contributed by atoms with E-state index in [4.69, 9.17) is 4.98 Å². The fourth-order valence-electron chi connectivity index (χ4n) is 5.18. The minimum absolute atomic E-state index is 0.0465. The Bertz CT molecular complexity index is 1190. The highest BCUT2D eigenvalue weighted by Crippen LogP contribution is 2.41. The lowest BCUT2D eigenvalue weighted by atomic mass is 9.98. The van der Waals surface area contributed by atoms with Gasteiger partial charge in [-0.3, -0.25) is 4.79 Å². The fraction of sp³-hybridized carbons (Fsp3) is 0.462. The molecule has 3 aliphatic rings. The number of imidazole rings is 1. The van der Waals surface area contributed by atoms with Crippen LogP contribution in [0.25, 0.3) is 22.4 Å². The molecular formula is C26H31N5O. The lowest BCUT2D eigenvalue weighted by molar-refractivity contribution is -0.120. The van der Waals surface area contributed by atoms with Crippen LogP contribution >= 0.6 is 0 Å². The predicted molar refractivity (Wildman–Crippen MR) is 130 cm³/mol. The third-order valence-electron chi connectivity index (χ3n) is 7.34. The molecule has 2 aliphatic heterocycles. The van der Waals surface area contributed by atoms with Crippen molar-refractivity contribution in [3.63, 3.8) is 0 Å². The van der Waals surface area contributed by atoms with Crippen molar-refractivity contribution in [3.8, 4) is 11.4 Å². The summed E-state index contributed by atoms with van der Waals surface area (Å²) in [6.45, 7) is 6.53. The Balaban J connectivity index is 1.54. The standard InChI is InChI=1S/C26H31N5O/c1-3-16(2)24-26(32)29-21-10-8-18(27-17-6-7-17)14-20(21)25-28-22-15-19(30-12-4-5-13-30)9-11-23(22)31(24)25/h8-11,14-17,24,27H,3-7,12-13H2,1-2H3,(H,29,32). The van der Waals surface area contributed by atoms with Crippen LogP contribution < -0.4 is 15.5 Å². The Hall–Kier alpha value is -3.02. The van der Waals surface area contributed by atoms with E-state index < -0.39 is 0 Å². The van der Waals surface area contributed by atoms with E-state index in [2.05, 4.69) is 64.3 Å². The zero-order valence-electron chi connectivity index (χ0n) is 18.9. The molecule has 1 amide bonds. The fourth-order valence-corrected chi connectivity index (χ4v) is 5.18. The maximum atomic E-state index is 13.4. The van der Waals surface area contributed by atoms with E-state index in [-0.39, 0.29) is 17.9 Å².